The average Bonchev–Trinajstić information content (AvgIpc) is 2.13. The first kappa shape index (κ1) is 20.3. The first-order valence-electron chi connectivity index (χ1n) is 5.54. The molecule has 0 bridgehead atoms. The van der Waals surface area contributed by atoms with E-state index in [4.69, 9.17) is 20.1 Å². The number of aliphatic hydroxyl groups is 3. The van der Waals surface area contributed by atoms with Crippen LogP contribution in [-0.2, 0) is 4.74 Å². The van der Waals surface area contributed by atoms with Crippen LogP contribution in [0.1, 0.15) is 40.5 Å². The zero-order valence-electron chi connectivity index (χ0n) is 10.6. The summed E-state index contributed by atoms with van der Waals surface area (Å²) in [5, 5.41) is 23.9. The maximum atomic E-state index is 8.24. The van der Waals surface area contributed by atoms with Crippen molar-refractivity contribution in [3.05, 3.63) is 0 Å². The van der Waals surface area contributed by atoms with E-state index in [0.717, 1.165) is 19.4 Å². The molecule has 0 saturated carbocycles. The maximum absolute atomic E-state index is 8.24. The van der Waals surface area contributed by atoms with E-state index >= 15 is 0 Å². The second-order valence-corrected chi connectivity index (χ2v) is 3.10. The largest absolute Gasteiger partial charge is 0.397 e. The van der Waals surface area contributed by atoms with Crippen LogP contribution in [0.2, 0.25) is 0 Å². The fourth-order valence-corrected chi connectivity index (χ4v) is 0.413. The topological polar surface area (TPSA) is 69.9 Å². The summed E-state index contributed by atoms with van der Waals surface area (Å²) in [5.41, 5.74) is 0. The predicted molar refractivity (Wildman–Crippen MR) is 62.9 cm³/mol. The van der Waals surface area contributed by atoms with Gasteiger partial charge in [0.15, 0.2) is 0 Å². The highest BCUT2D eigenvalue weighted by atomic mass is 16.5. The molecule has 0 radical (unpaired) electrons. The van der Waals surface area contributed by atoms with Gasteiger partial charge in [0, 0.05) is 19.3 Å². The van der Waals surface area contributed by atoms with E-state index in [9.17, 15) is 0 Å². The molecule has 4 nitrogen and oxygen atoms in total. The number of rotatable bonds is 5. The van der Waals surface area contributed by atoms with Crippen molar-refractivity contribution in [1.82, 2.24) is 0 Å². The van der Waals surface area contributed by atoms with Crippen LogP contribution in [-0.4, -0.2) is 47.9 Å². The van der Waals surface area contributed by atoms with Crippen molar-refractivity contribution < 1.29 is 20.1 Å². The summed E-state index contributed by atoms with van der Waals surface area (Å²) in [6.07, 6.45) is 2.09. The molecule has 0 aromatic heterocycles. The Morgan fingerprint density at radius 2 is 1.47 bits per heavy atom. The molecule has 0 amide bonds. The lowest BCUT2D eigenvalue weighted by Crippen LogP contribution is -1.99. The van der Waals surface area contributed by atoms with Crippen LogP contribution < -0.4 is 0 Å². The highest BCUT2D eigenvalue weighted by Crippen LogP contribution is 1.85. The number of aliphatic hydroxyl groups excluding tert-OH is 3. The molecular weight excluding hydrogens is 196 g/mol. The summed E-state index contributed by atoms with van der Waals surface area (Å²) in [5.74, 6) is 0. The molecule has 0 saturated heterocycles. The molecule has 0 atom stereocenters. The zero-order chi connectivity index (χ0) is 12.5. The van der Waals surface area contributed by atoms with Crippen molar-refractivity contribution in [2.24, 2.45) is 0 Å². The summed E-state index contributed by atoms with van der Waals surface area (Å²) in [6.45, 7) is 8.91. The van der Waals surface area contributed by atoms with Gasteiger partial charge in [-0.3, -0.25) is 0 Å². The minimum absolute atomic E-state index is 0.143. The first-order chi connectivity index (χ1) is 7.06. The summed E-state index contributed by atoms with van der Waals surface area (Å²) in [7, 11) is 0. The highest BCUT2D eigenvalue weighted by molar-refractivity contribution is 4.30. The lowest BCUT2D eigenvalue weighted by Gasteiger charge is -1.97. The van der Waals surface area contributed by atoms with E-state index in [1.165, 1.54) is 0 Å². The fourth-order valence-electron chi connectivity index (χ4n) is 0.413. The van der Waals surface area contributed by atoms with Gasteiger partial charge in [0.25, 0.3) is 0 Å². The van der Waals surface area contributed by atoms with Crippen molar-refractivity contribution >= 4 is 0 Å². The molecule has 96 valence electrons. The van der Waals surface area contributed by atoms with Gasteiger partial charge in [-0.2, -0.15) is 0 Å². The van der Waals surface area contributed by atoms with Gasteiger partial charge in [0.1, 0.15) is 0 Å². The van der Waals surface area contributed by atoms with Crippen molar-refractivity contribution in [3.8, 4) is 0 Å². The monoisotopic (exact) mass is 224 g/mol. The second kappa shape index (κ2) is 23.6. The van der Waals surface area contributed by atoms with Gasteiger partial charge in [-0.05, 0) is 27.2 Å². The van der Waals surface area contributed by atoms with E-state index in [-0.39, 0.29) is 19.3 Å². The van der Waals surface area contributed by atoms with Crippen LogP contribution in [0.4, 0.5) is 0 Å². The molecule has 4 heteroatoms. The van der Waals surface area contributed by atoms with Crippen LogP contribution in [0.5, 0.6) is 0 Å². The molecule has 0 rings (SSSR count). The lowest BCUT2D eigenvalue weighted by atomic mass is 10.4. The molecule has 0 unspecified atom stereocenters. The van der Waals surface area contributed by atoms with Gasteiger partial charge in [-0.1, -0.05) is 13.3 Å². The van der Waals surface area contributed by atoms with Crippen LogP contribution in [0, 0.1) is 0 Å². The fraction of sp³-hybridized carbons (Fsp3) is 1.00. The van der Waals surface area contributed by atoms with Crippen LogP contribution in [0.15, 0.2) is 0 Å². The minimum atomic E-state index is -0.167. The molecule has 0 fully saturated rings. The van der Waals surface area contributed by atoms with Crippen LogP contribution in [0.3, 0.4) is 0 Å². The van der Waals surface area contributed by atoms with E-state index < -0.39 is 0 Å². The number of hydrogen-bond donors (Lipinski definition) is 3. The number of hydrogen-bond acceptors (Lipinski definition) is 4. The van der Waals surface area contributed by atoms with E-state index in [1.807, 2.05) is 0 Å². The maximum Gasteiger partial charge on any atom is 0.0697 e. The highest BCUT2D eigenvalue weighted by Gasteiger charge is 1.82. The Morgan fingerprint density at radius 3 is 1.73 bits per heavy atom. The molecule has 3 N–H and O–H groups in total. The number of ether oxygens (including phenoxy) is 1. The van der Waals surface area contributed by atoms with Crippen LogP contribution >= 0.6 is 0 Å². The second-order valence-electron chi connectivity index (χ2n) is 3.10. The third-order valence-electron chi connectivity index (χ3n) is 0.878. The third-order valence-corrected chi connectivity index (χ3v) is 0.878. The van der Waals surface area contributed by atoms with Crippen molar-refractivity contribution in [2.45, 2.75) is 46.6 Å². The van der Waals surface area contributed by atoms with Gasteiger partial charge >= 0.3 is 0 Å². The summed E-state index contributed by atoms with van der Waals surface area (Å²) < 4.78 is 4.97. The Hall–Kier alpha value is -0.160. The van der Waals surface area contributed by atoms with E-state index in [0.29, 0.717) is 6.61 Å². The average molecular weight is 224 g/mol. The molecular formula is C11H28O4. The van der Waals surface area contributed by atoms with Crippen molar-refractivity contribution in [1.29, 1.82) is 0 Å². The molecule has 0 heterocycles. The van der Waals surface area contributed by atoms with Gasteiger partial charge in [0.2, 0.25) is 0 Å². The smallest absolute Gasteiger partial charge is 0.0697 e. The van der Waals surface area contributed by atoms with Gasteiger partial charge in [0.05, 0.1) is 13.2 Å². The van der Waals surface area contributed by atoms with Crippen molar-refractivity contribution in [3.63, 3.8) is 0 Å². The summed E-state index contributed by atoms with van der Waals surface area (Å²) in [6, 6.07) is 0. The minimum Gasteiger partial charge on any atom is -0.397 e. The lowest BCUT2D eigenvalue weighted by molar-refractivity contribution is 0.0904. The molecule has 0 aromatic rings. The Bertz CT molecular complexity index is 68.2. The molecule has 15 heavy (non-hydrogen) atoms. The first-order valence-corrected chi connectivity index (χ1v) is 5.54. The SMILES string of the molecule is CC(C)O.CCCCOCCO.CCO. The van der Waals surface area contributed by atoms with Crippen LogP contribution in [0.25, 0.3) is 0 Å². The normalized spacial score (nSPS) is 8.80. The molecule has 0 aliphatic rings. The predicted octanol–water partition coefficient (Wildman–Crippen LogP) is 1.18. The van der Waals surface area contributed by atoms with Crippen molar-refractivity contribution in [2.75, 3.05) is 26.4 Å². The molecule has 0 aliphatic heterocycles. The Labute approximate surface area is 93.9 Å². The quantitative estimate of drug-likeness (QED) is 0.613. The number of unbranched alkanes of at least 4 members (excludes halogenated alkanes) is 1. The van der Waals surface area contributed by atoms with E-state index in [2.05, 4.69) is 6.92 Å². The summed E-state index contributed by atoms with van der Waals surface area (Å²) >= 11 is 0. The molecule has 0 aliphatic carbocycles. The Balaban J connectivity index is -0.000000173. The third kappa shape index (κ3) is 82.8. The Morgan fingerprint density at radius 1 is 1.07 bits per heavy atom. The van der Waals surface area contributed by atoms with Gasteiger partial charge in [-0.15, -0.1) is 0 Å². The Kier molecular flexibility index (Phi) is 31.9. The standard InChI is InChI=1S/C6H14O2.C3H8O.C2H6O/c1-2-3-5-8-6-4-7;1-3(2)4;1-2-3/h7H,2-6H2,1H3;3-4H,1-2H3;3H,2H2,1H3. The summed E-state index contributed by atoms with van der Waals surface area (Å²) in [4.78, 5) is 0. The van der Waals surface area contributed by atoms with E-state index in [1.54, 1.807) is 20.8 Å². The van der Waals surface area contributed by atoms with Gasteiger partial charge in [-0.25, -0.2) is 0 Å². The van der Waals surface area contributed by atoms with Gasteiger partial charge < -0.3 is 20.1 Å². The zero-order valence-corrected chi connectivity index (χ0v) is 10.6. The molecule has 0 spiro atoms. The molecule has 0 aromatic carbocycles.